The monoisotopic (exact) mass is 238 g/mol. The summed E-state index contributed by atoms with van der Waals surface area (Å²) in [4.78, 5) is 12.7. The third kappa shape index (κ3) is 2.21. The molecule has 0 aliphatic carbocycles. The molecule has 1 rings (SSSR count). The lowest BCUT2D eigenvalue weighted by atomic mass is 10.2. The van der Waals surface area contributed by atoms with Gasteiger partial charge >= 0.3 is 0 Å². The van der Waals surface area contributed by atoms with Gasteiger partial charge in [0.05, 0.1) is 5.69 Å². The van der Waals surface area contributed by atoms with Gasteiger partial charge in [-0.2, -0.15) is 0 Å². The van der Waals surface area contributed by atoms with E-state index in [9.17, 15) is 22.0 Å². The molecule has 1 aromatic rings. The number of alkyl halides is 2. The quantitative estimate of drug-likeness (QED) is 0.774. The molecule has 0 saturated heterocycles. The van der Waals surface area contributed by atoms with Gasteiger partial charge in [0.2, 0.25) is 15.5 Å². The minimum atomic E-state index is -4.19. The van der Waals surface area contributed by atoms with Crippen LogP contribution in [0.2, 0.25) is 0 Å². The topological polar surface area (TPSA) is 93.0 Å². The number of aromatic nitrogens is 1. The van der Waals surface area contributed by atoms with Gasteiger partial charge in [-0.25, -0.2) is 22.3 Å². The highest BCUT2D eigenvalue weighted by Gasteiger charge is 2.20. The Morgan fingerprint density at radius 3 is 2.40 bits per heavy atom. The van der Waals surface area contributed by atoms with Crippen LogP contribution in [0.1, 0.15) is 17.7 Å². The lowest BCUT2D eigenvalue weighted by Gasteiger charge is -2.05. The van der Waals surface area contributed by atoms with Crippen molar-refractivity contribution >= 4 is 10.0 Å². The molecule has 84 valence electrons. The molecule has 3 N–H and O–H groups in total. The maximum Gasteiger partial charge on any atom is 0.278 e. The Balaban J connectivity index is 3.56. The standard InChI is InChI=1S/C7H8F2N2O3S/c1-3-5(7(8)9)11-2-4(6(3)12)15(10,13)14/h2,7H,1H3,(H,11,12)(H2,10,13,14). The molecule has 0 amide bonds. The Hall–Kier alpha value is -1.28. The normalized spacial score (nSPS) is 12.1. The average Bonchev–Trinajstić information content (AvgIpc) is 2.06. The predicted octanol–water partition coefficient (Wildman–Crippen LogP) is 0.268. The van der Waals surface area contributed by atoms with E-state index < -0.39 is 32.5 Å². The summed E-state index contributed by atoms with van der Waals surface area (Å²) in [6.07, 6.45) is -2.20. The van der Waals surface area contributed by atoms with Gasteiger partial charge in [0.25, 0.3) is 6.43 Å². The van der Waals surface area contributed by atoms with E-state index in [0.717, 1.165) is 6.92 Å². The molecule has 0 spiro atoms. The smallest absolute Gasteiger partial charge is 0.278 e. The second-order valence-electron chi connectivity index (χ2n) is 2.87. The number of hydrogen-bond acceptors (Lipinski definition) is 3. The van der Waals surface area contributed by atoms with Crippen LogP contribution in [0.3, 0.4) is 0 Å². The number of rotatable bonds is 2. The second-order valence-corrected chi connectivity index (χ2v) is 4.40. The van der Waals surface area contributed by atoms with Crippen molar-refractivity contribution in [1.82, 2.24) is 4.98 Å². The molecule has 0 saturated carbocycles. The molecule has 0 bridgehead atoms. The Morgan fingerprint density at radius 1 is 1.47 bits per heavy atom. The fourth-order valence-electron chi connectivity index (χ4n) is 1.06. The van der Waals surface area contributed by atoms with E-state index in [1.807, 2.05) is 4.98 Å². The SMILES string of the molecule is Cc1c(C(F)F)[nH]cc(S(N)(=O)=O)c1=O. The molecule has 1 heterocycles. The minimum absolute atomic E-state index is 0.350. The van der Waals surface area contributed by atoms with Crippen molar-refractivity contribution in [1.29, 1.82) is 0 Å². The molecular formula is C7H8F2N2O3S. The Bertz CT molecular complexity index is 536. The van der Waals surface area contributed by atoms with Gasteiger partial charge in [0.1, 0.15) is 4.90 Å². The molecule has 15 heavy (non-hydrogen) atoms. The third-order valence-corrected chi connectivity index (χ3v) is 2.77. The van der Waals surface area contributed by atoms with Crippen LogP contribution in [0, 0.1) is 6.92 Å². The molecule has 0 radical (unpaired) electrons. The van der Waals surface area contributed by atoms with Gasteiger partial charge < -0.3 is 4.98 Å². The third-order valence-electron chi connectivity index (χ3n) is 1.85. The molecule has 0 fully saturated rings. The summed E-state index contributed by atoms with van der Waals surface area (Å²) in [7, 11) is -4.19. The summed E-state index contributed by atoms with van der Waals surface area (Å²) in [5, 5.41) is 4.72. The number of pyridine rings is 1. The summed E-state index contributed by atoms with van der Waals surface area (Å²) in [6, 6.07) is 0. The van der Waals surface area contributed by atoms with Crippen molar-refractivity contribution in [2.75, 3.05) is 0 Å². The highest BCUT2D eigenvalue weighted by molar-refractivity contribution is 7.89. The van der Waals surface area contributed by atoms with Gasteiger partial charge in [-0.3, -0.25) is 4.79 Å². The van der Waals surface area contributed by atoms with Crippen LogP contribution in [0.25, 0.3) is 0 Å². The Kier molecular flexibility index (Phi) is 2.91. The molecule has 0 aliphatic heterocycles. The fourth-order valence-corrected chi connectivity index (χ4v) is 1.70. The van der Waals surface area contributed by atoms with Gasteiger partial charge in [0, 0.05) is 11.8 Å². The van der Waals surface area contributed by atoms with Crippen molar-refractivity contribution < 1.29 is 17.2 Å². The highest BCUT2D eigenvalue weighted by atomic mass is 32.2. The van der Waals surface area contributed by atoms with E-state index in [2.05, 4.69) is 0 Å². The van der Waals surface area contributed by atoms with E-state index in [4.69, 9.17) is 5.14 Å². The number of H-pyrrole nitrogens is 1. The molecule has 5 nitrogen and oxygen atoms in total. The Morgan fingerprint density at radius 2 is 2.00 bits per heavy atom. The maximum atomic E-state index is 12.3. The molecular weight excluding hydrogens is 230 g/mol. The Labute approximate surface area is 84.0 Å². The predicted molar refractivity (Wildman–Crippen MR) is 48.1 cm³/mol. The number of nitrogens with one attached hydrogen (secondary N) is 1. The van der Waals surface area contributed by atoms with E-state index in [-0.39, 0.29) is 5.56 Å². The molecule has 0 unspecified atom stereocenters. The highest BCUT2D eigenvalue weighted by Crippen LogP contribution is 2.18. The van der Waals surface area contributed by atoms with Crippen molar-refractivity contribution in [3.63, 3.8) is 0 Å². The van der Waals surface area contributed by atoms with Gasteiger partial charge in [-0.05, 0) is 6.92 Å². The van der Waals surface area contributed by atoms with E-state index >= 15 is 0 Å². The second kappa shape index (κ2) is 3.70. The zero-order valence-electron chi connectivity index (χ0n) is 7.62. The number of halogens is 2. The zero-order valence-corrected chi connectivity index (χ0v) is 8.44. The summed E-state index contributed by atoms with van der Waals surface area (Å²) in [5.74, 6) is 0. The van der Waals surface area contributed by atoms with Crippen molar-refractivity contribution in [2.45, 2.75) is 18.2 Å². The number of nitrogens with two attached hydrogens (primary N) is 1. The van der Waals surface area contributed by atoms with Crippen LogP contribution in [0.15, 0.2) is 15.9 Å². The lowest BCUT2D eigenvalue weighted by molar-refractivity contribution is 0.145. The number of aromatic amines is 1. The van der Waals surface area contributed by atoms with Crippen LogP contribution in [-0.4, -0.2) is 13.4 Å². The van der Waals surface area contributed by atoms with E-state index in [1.165, 1.54) is 0 Å². The van der Waals surface area contributed by atoms with Crippen LogP contribution >= 0.6 is 0 Å². The first kappa shape index (κ1) is 11.8. The first-order chi connectivity index (χ1) is 6.75. The number of primary sulfonamides is 1. The van der Waals surface area contributed by atoms with Crippen molar-refractivity contribution in [2.24, 2.45) is 5.14 Å². The largest absolute Gasteiger partial charge is 0.359 e. The number of sulfonamides is 1. The first-order valence-electron chi connectivity index (χ1n) is 3.78. The first-order valence-corrected chi connectivity index (χ1v) is 5.33. The summed E-state index contributed by atoms with van der Waals surface area (Å²) in [5.41, 5.74) is -1.96. The fraction of sp³-hybridized carbons (Fsp3) is 0.286. The van der Waals surface area contributed by atoms with Gasteiger partial charge in [0.15, 0.2) is 0 Å². The van der Waals surface area contributed by atoms with Crippen LogP contribution < -0.4 is 10.6 Å². The van der Waals surface area contributed by atoms with E-state index in [1.54, 1.807) is 0 Å². The van der Waals surface area contributed by atoms with E-state index in [0.29, 0.717) is 6.20 Å². The lowest BCUT2D eigenvalue weighted by Crippen LogP contribution is -2.24. The average molecular weight is 238 g/mol. The maximum absolute atomic E-state index is 12.3. The number of hydrogen-bond donors (Lipinski definition) is 2. The van der Waals surface area contributed by atoms with Crippen LogP contribution in [0.4, 0.5) is 8.78 Å². The minimum Gasteiger partial charge on any atom is -0.359 e. The molecule has 1 aromatic heterocycles. The van der Waals surface area contributed by atoms with Gasteiger partial charge in [-0.1, -0.05) is 0 Å². The summed E-state index contributed by atoms with van der Waals surface area (Å²) < 4.78 is 46.3. The molecule has 0 aromatic carbocycles. The molecule has 8 heteroatoms. The molecule has 0 aliphatic rings. The van der Waals surface area contributed by atoms with Crippen molar-refractivity contribution in [3.05, 3.63) is 27.7 Å². The molecule has 0 atom stereocenters. The summed E-state index contributed by atoms with van der Waals surface area (Å²) in [6.45, 7) is 1.11. The zero-order chi connectivity index (χ0) is 11.8. The van der Waals surface area contributed by atoms with Crippen LogP contribution in [-0.2, 0) is 10.0 Å². The summed E-state index contributed by atoms with van der Waals surface area (Å²) >= 11 is 0. The van der Waals surface area contributed by atoms with Crippen molar-refractivity contribution in [3.8, 4) is 0 Å². The van der Waals surface area contributed by atoms with Gasteiger partial charge in [-0.15, -0.1) is 0 Å². The van der Waals surface area contributed by atoms with Crippen LogP contribution in [0.5, 0.6) is 0 Å².